The number of carbonyl (C=O) groups is 3. The van der Waals surface area contributed by atoms with Crippen LogP contribution in [0, 0.1) is 0 Å². The Morgan fingerprint density at radius 2 is 1.86 bits per heavy atom. The molecule has 6 nitrogen and oxygen atoms in total. The van der Waals surface area contributed by atoms with E-state index in [4.69, 9.17) is 11.6 Å². The highest BCUT2D eigenvalue weighted by molar-refractivity contribution is 6.31. The van der Waals surface area contributed by atoms with Crippen molar-refractivity contribution < 1.29 is 14.4 Å². The van der Waals surface area contributed by atoms with E-state index in [-0.39, 0.29) is 30.3 Å². The lowest BCUT2D eigenvalue weighted by Gasteiger charge is -2.36. The molecule has 29 heavy (non-hydrogen) atoms. The average molecular weight is 412 g/mol. The molecule has 4 rings (SSSR count). The highest BCUT2D eigenvalue weighted by Gasteiger charge is 2.41. The largest absolute Gasteiger partial charge is 0.348 e. The van der Waals surface area contributed by atoms with Gasteiger partial charge in [0.05, 0.1) is 0 Å². The van der Waals surface area contributed by atoms with Gasteiger partial charge in [-0.25, -0.2) is 0 Å². The van der Waals surface area contributed by atoms with Gasteiger partial charge in [0.1, 0.15) is 12.6 Å². The standard InChI is InChI=1S/C22H22ClN3O3/c23-18-5-2-1-4-17(18)12-24-21(28)16-9-7-15(8-10-16)13-25-14-20(27)26-11-3-6-19(26)22(25)29/h1-2,4-5,7-10,19H,3,6,11-14H2,(H,24,28)/t19-/m0/s1. The summed E-state index contributed by atoms with van der Waals surface area (Å²) < 4.78 is 0. The number of hydrogen-bond donors (Lipinski definition) is 1. The molecule has 2 aromatic rings. The number of fused-ring (bicyclic) bond motifs is 1. The van der Waals surface area contributed by atoms with Crippen molar-refractivity contribution in [3.05, 3.63) is 70.2 Å². The molecule has 1 atom stereocenters. The van der Waals surface area contributed by atoms with Crippen LogP contribution in [-0.2, 0) is 22.7 Å². The third-order valence-electron chi connectivity index (χ3n) is 5.48. The molecule has 0 saturated carbocycles. The van der Waals surface area contributed by atoms with Gasteiger partial charge in [-0.3, -0.25) is 14.4 Å². The number of nitrogens with one attached hydrogen (secondary N) is 1. The number of nitrogens with zero attached hydrogens (tertiary/aromatic N) is 2. The van der Waals surface area contributed by atoms with Crippen LogP contribution in [0.15, 0.2) is 48.5 Å². The number of amides is 3. The second-order valence-corrected chi connectivity index (χ2v) is 7.82. The van der Waals surface area contributed by atoms with E-state index in [9.17, 15) is 14.4 Å². The molecular formula is C22H22ClN3O3. The second kappa shape index (κ2) is 8.25. The topological polar surface area (TPSA) is 69.7 Å². The monoisotopic (exact) mass is 411 g/mol. The van der Waals surface area contributed by atoms with Crippen molar-refractivity contribution in [1.82, 2.24) is 15.1 Å². The van der Waals surface area contributed by atoms with E-state index < -0.39 is 0 Å². The van der Waals surface area contributed by atoms with Crippen molar-refractivity contribution in [2.75, 3.05) is 13.1 Å². The van der Waals surface area contributed by atoms with Crippen molar-refractivity contribution in [1.29, 1.82) is 0 Å². The average Bonchev–Trinajstić information content (AvgIpc) is 3.22. The maximum Gasteiger partial charge on any atom is 0.251 e. The lowest BCUT2D eigenvalue weighted by Crippen LogP contribution is -2.56. The predicted molar refractivity (Wildman–Crippen MR) is 109 cm³/mol. The Balaban J connectivity index is 1.36. The molecule has 0 bridgehead atoms. The minimum atomic E-state index is -0.300. The summed E-state index contributed by atoms with van der Waals surface area (Å²) in [6.45, 7) is 1.52. The zero-order valence-electron chi connectivity index (χ0n) is 15.9. The van der Waals surface area contributed by atoms with Crippen LogP contribution < -0.4 is 5.32 Å². The SMILES string of the molecule is O=C(NCc1ccccc1Cl)c1ccc(CN2CC(=O)N3CCC[C@H]3C2=O)cc1. The molecule has 2 heterocycles. The Kier molecular flexibility index (Phi) is 5.53. The van der Waals surface area contributed by atoms with Gasteiger partial charge in [-0.1, -0.05) is 41.9 Å². The van der Waals surface area contributed by atoms with Crippen LogP contribution in [0.3, 0.4) is 0 Å². The van der Waals surface area contributed by atoms with E-state index in [0.717, 1.165) is 24.0 Å². The van der Waals surface area contributed by atoms with Crippen molar-refractivity contribution in [3.63, 3.8) is 0 Å². The molecule has 2 saturated heterocycles. The molecule has 7 heteroatoms. The first-order valence-electron chi connectivity index (χ1n) is 9.72. The number of carbonyl (C=O) groups excluding carboxylic acids is 3. The third kappa shape index (κ3) is 4.12. The fourth-order valence-electron chi connectivity index (χ4n) is 3.90. The molecule has 0 spiro atoms. The lowest BCUT2D eigenvalue weighted by molar-refractivity contribution is -0.154. The Morgan fingerprint density at radius 1 is 1.10 bits per heavy atom. The fraction of sp³-hybridized carbons (Fsp3) is 0.318. The van der Waals surface area contributed by atoms with E-state index in [1.54, 1.807) is 28.0 Å². The molecular weight excluding hydrogens is 390 g/mol. The summed E-state index contributed by atoms with van der Waals surface area (Å²) in [5, 5.41) is 3.47. The van der Waals surface area contributed by atoms with Gasteiger partial charge in [-0.2, -0.15) is 0 Å². The third-order valence-corrected chi connectivity index (χ3v) is 5.85. The van der Waals surface area contributed by atoms with Gasteiger partial charge in [0.25, 0.3) is 5.91 Å². The van der Waals surface area contributed by atoms with Crippen molar-refractivity contribution >= 4 is 29.3 Å². The van der Waals surface area contributed by atoms with Crippen LogP contribution in [0.4, 0.5) is 0 Å². The number of hydrogen-bond acceptors (Lipinski definition) is 3. The minimum absolute atomic E-state index is 0.0164. The van der Waals surface area contributed by atoms with Gasteiger partial charge >= 0.3 is 0 Å². The van der Waals surface area contributed by atoms with Crippen molar-refractivity contribution in [2.45, 2.75) is 32.0 Å². The summed E-state index contributed by atoms with van der Waals surface area (Å²) in [5.74, 6) is -0.159. The highest BCUT2D eigenvalue weighted by atomic mass is 35.5. The van der Waals surface area contributed by atoms with E-state index >= 15 is 0 Å². The number of rotatable bonds is 5. The van der Waals surface area contributed by atoms with E-state index in [1.807, 2.05) is 30.3 Å². The molecule has 2 aromatic carbocycles. The molecule has 0 unspecified atom stereocenters. The van der Waals surface area contributed by atoms with Crippen LogP contribution in [0.1, 0.15) is 34.3 Å². The Morgan fingerprint density at radius 3 is 2.62 bits per heavy atom. The van der Waals surface area contributed by atoms with Gasteiger partial charge in [0.15, 0.2) is 0 Å². The van der Waals surface area contributed by atoms with E-state index in [0.29, 0.717) is 30.2 Å². The maximum atomic E-state index is 12.6. The molecule has 1 N–H and O–H groups in total. The summed E-state index contributed by atoms with van der Waals surface area (Å²) in [7, 11) is 0. The number of halogens is 1. The lowest BCUT2D eigenvalue weighted by atomic mass is 10.1. The molecule has 3 amide bonds. The molecule has 2 aliphatic rings. The van der Waals surface area contributed by atoms with Gasteiger partial charge in [0.2, 0.25) is 11.8 Å². The molecule has 0 aromatic heterocycles. The van der Waals surface area contributed by atoms with Crippen molar-refractivity contribution in [2.24, 2.45) is 0 Å². The first kappa shape index (κ1) is 19.5. The number of piperazine rings is 1. The van der Waals surface area contributed by atoms with Crippen LogP contribution in [-0.4, -0.2) is 46.7 Å². The minimum Gasteiger partial charge on any atom is -0.348 e. The van der Waals surface area contributed by atoms with Crippen LogP contribution in [0.2, 0.25) is 5.02 Å². The first-order valence-corrected chi connectivity index (χ1v) is 10.1. The van der Waals surface area contributed by atoms with E-state index in [1.165, 1.54) is 0 Å². The number of benzene rings is 2. The van der Waals surface area contributed by atoms with Gasteiger partial charge in [0, 0.05) is 30.2 Å². The zero-order chi connectivity index (χ0) is 20.4. The second-order valence-electron chi connectivity index (χ2n) is 7.41. The molecule has 0 radical (unpaired) electrons. The van der Waals surface area contributed by atoms with Gasteiger partial charge in [-0.05, 0) is 42.2 Å². The molecule has 2 aliphatic heterocycles. The Hall–Kier alpha value is -2.86. The molecule has 150 valence electrons. The first-order chi connectivity index (χ1) is 14.0. The van der Waals surface area contributed by atoms with Gasteiger partial charge < -0.3 is 15.1 Å². The fourth-order valence-corrected chi connectivity index (χ4v) is 4.10. The summed E-state index contributed by atoms with van der Waals surface area (Å²) in [6, 6.07) is 14.2. The predicted octanol–water partition coefficient (Wildman–Crippen LogP) is 2.60. The maximum absolute atomic E-state index is 12.6. The van der Waals surface area contributed by atoms with Gasteiger partial charge in [-0.15, -0.1) is 0 Å². The summed E-state index contributed by atoms with van der Waals surface area (Å²) in [6.07, 6.45) is 1.62. The van der Waals surface area contributed by atoms with Crippen LogP contribution in [0.5, 0.6) is 0 Å². The van der Waals surface area contributed by atoms with Crippen LogP contribution in [0.25, 0.3) is 0 Å². The quantitative estimate of drug-likeness (QED) is 0.822. The van der Waals surface area contributed by atoms with Crippen molar-refractivity contribution in [3.8, 4) is 0 Å². The Bertz CT molecular complexity index is 945. The van der Waals surface area contributed by atoms with E-state index in [2.05, 4.69) is 5.32 Å². The summed E-state index contributed by atoms with van der Waals surface area (Å²) in [4.78, 5) is 40.6. The summed E-state index contributed by atoms with van der Waals surface area (Å²) >= 11 is 6.11. The smallest absolute Gasteiger partial charge is 0.251 e. The molecule has 0 aliphatic carbocycles. The normalized spacial score (nSPS) is 18.7. The zero-order valence-corrected chi connectivity index (χ0v) is 16.7. The van der Waals surface area contributed by atoms with Crippen LogP contribution >= 0.6 is 11.6 Å². The highest BCUT2D eigenvalue weighted by Crippen LogP contribution is 2.24. The Labute approximate surface area is 174 Å². The summed E-state index contributed by atoms with van der Waals surface area (Å²) in [5.41, 5.74) is 2.28. The molecule has 2 fully saturated rings.